The maximum Gasteiger partial charge on any atom is 0.266 e. The first-order valence-corrected chi connectivity index (χ1v) is 11.6. The Bertz CT molecular complexity index is 1040. The van der Waals surface area contributed by atoms with Crippen molar-refractivity contribution in [2.75, 3.05) is 33.2 Å². The van der Waals surface area contributed by atoms with Crippen LogP contribution in [0.3, 0.4) is 0 Å². The number of hydrogen-bond acceptors (Lipinski definition) is 10. The summed E-state index contributed by atoms with van der Waals surface area (Å²) in [6.45, 7) is 2.13. The van der Waals surface area contributed by atoms with E-state index in [0.717, 1.165) is 11.4 Å². The molecule has 1 N–H and O–H groups in total. The van der Waals surface area contributed by atoms with Crippen molar-refractivity contribution < 1.29 is 23.8 Å². The van der Waals surface area contributed by atoms with Crippen molar-refractivity contribution in [1.82, 2.24) is 15.1 Å². The van der Waals surface area contributed by atoms with Crippen LogP contribution in [0.5, 0.6) is 17.2 Å². The Morgan fingerprint density at radius 2 is 1.88 bits per heavy atom. The topological polar surface area (TPSA) is 103 Å². The fraction of sp³-hybridized carbons (Fsp3) is 0.350. The van der Waals surface area contributed by atoms with Gasteiger partial charge < -0.3 is 19.5 Å². The predicted molar refractivity (Wildman–Crippen MR) is 129 cm³/mol. The summed E-state index contributed by atoms with van der Waals surface area (Å²) >= 11 is 7.86. The number of methoxy groups -OCH3 is 3. The lowest BCUT2D eigenvalue weighted by atomic mass is 10.1. The number of carbonyl (C=O) groups excluding carboxylic acids is 2. The summed E-state index contributed by atoms with van der Waals surface area (Å²) in [5.74, 6) is 0.908. The average molecular weight is 495 g/mol. The molecule has 2 heterocycles. The van der Waals surface area contributed by atoms with Gasteiger partial charge in [-0.2, -0.15) is 0 Å². The van der Waals surface area contributed by atoms with Crippen LogP contribution in [-0.2, 0) is 16.0 Å². The number of carbonyl (C=O) groups is 2. The second kappa shape index (κ2) is 10.7. The standard InChI is InChI=1S/C20H22N4O5S3/c1-5-16-22-23-19(32-16)21-15(25)6-7-24-18(26)14(31-20(24)30)10-11-8-12(27-2)17(29-4)13(9-11)28-3/h8-10H,5-7H2,1-4H3,(H,21,23,25)/b14-10+. The van der Waals surface area contributed by atoms with Gasteiger partial charge in [0.2, 0.25) is 16.8 Å². The summed E-state index contributed by atoms with van der Waals surface area (Å²) in [6.07, 6.45) is 2.55. The second-order valence-corrected chi connectivity index (χ2v) is 9.18. The van der Waals surface area contributed by atoms with Gasteiger partial charge in [-0.25, -0.2) is 0 Å². The molecule has 0 saturated carbocycles. The van der Waals surface area contributed by atoms with Crippen molar-refractivity contribution in [3.63, 3.8) is 0 Å². The fourth-order valence-corrected chi connectivity index (χ4v) is 4.88. The zero-order valence-corrected chi connectivity index (χ0v) is 20.4. The molecular formula is C20H22N4O5S3. The van der Waals surface area contributed by atoms with Crippen LogP contribution in [0.15, 0.2) is 17.0 Å². The summed E-state index contributed by atoms with van der Waals surface area (Å²) in [6, 6.07) is 3.49. The van der Waals surface area contributed by atoms with Crippen LogP contribution in [0.1, 0.15) is 23.9 Å². The van der Waals surface area contributed by atoms with Crippen LogP contribution in [0.2, 0.25) is 0 Å². The van der Waals surface area contributed by atoms with E-state index in [9.17, 15) is 9.59 Å². The number of thioether (sulfide) groups is 1. The Morgan fingerprint density at radius 1 is 1.19 bits per heavy atom. The first-order chi connectivity index (χ1) is 15.4. The van der Waals surface area contributed by atoms with Crippen LogP contribution >= 0.6 is 35.3 Å². The van der Waals surface area contributed by atoms with Crippen molar-refractivity contribution >= 4 is 62.7 Å². The van der Waals surface area contributed by atoms with Gasteiger partial charge in [-0.15, -0.1) is 10.2 Å². The van der Waals surface area contributed by atoms with E-state index in [-0.39, 0.29) is 24.8 Å². The van der Waals surface area contributed by atoms with E-state index < -0.39 is 0 Å². The highest BCUT2D eigenvalue weighted by molar-refractivity contribution is 8.26. The third-order valence-electron chi connectivity index (χ3n) is 4.44. The average Bonchev–Trinajstić information content (AvgIpc) is 3.35. The molecule has 170 valence electrons. The van der Waals surface area contributed by atoms with Crippen molar-refractivity contribution in [3.05, 3.63) is 27.6 Å². The number of aromatic nitrogens is 2. The minimum absolute atomic E-state index is 0.0882. The number of ether oxygens (including phenoxy) is 3. The number of amides is 2. The van der Waals surface area contributed by atoms with Crippen LogP contribution in [0, 0.1) is 0 Å². The van der Waals surface area contributed by atoms with Crippen molar-refractivity contribution in [3.8, 4) is 17.2 Å². The van der Waals surface area contributed by atoms with Crippen LogP contribution in [-0.4, -0.2) is 59.1 Å². The van der Waals surface area contributed by atoms with Gasteiger partial charge in [-0.1, -0.05) is 42.2 Å². The molecule has 2 aromatic rings. The van der Waals surface area contributed by atoms with Crippen molar-refractivity contribution in [1.29, 1.82) is 0 Å². The summed E-state index contributed by atoms with van der Waals surface area (Å²) in [7, 11) is 4.57. The molecule has 32 heavy (non-hydrogen) atoms. The molecule has 3 rings (SSSR count). The summed E-state index contributed by atoms with van der Waals surface area (Å²) in [5, 5.41) is 11.9. The summed E-state index contributed by atoms with van der Waals surface area (Å²) in [5.41, 5.74) is 0.695. The largest absolute Gasteiger partial charge is 0.493 e. The van der Waals surface area contributed by atoms with Gasteiger partial charge >= 0.3 is 0 Å². The van der Waals surface area contributed by atoms with E-state index in [4.69, 9.17) is 26.4 Å². The monoisotopic (exact) mass is 494 g/mol. The Kier molecular flexibility index (Phi) is 8.04. The highest BCUT2D eigenvalue weighted by atomic mass is 32.2. The van der Waals surface area contributed by atoms with E-state index in [1.54, 1.807) is 18.2 Å². The number of thiocarbonyl (C=S) groups is 1. The Labute approximate surface area is 199 Å². The highest BCUT2D eigenvalue weighted by Gasteiger charge is 2.32. The lowest BCUT2D eigenvalue weighted by Gasteiger charge is -2.14. The molecular weight excluding hydrogens is 472 g/mol. The lowest BCUT2D eigenvalue weighted by Crippen LogP contribution is -2.31. The molecule has 1 fully saturated rings. The molecule has 12 heteroatoms. The van der Waals surface area contributed by atoms with Gasteiger partial charge in [0, 0.05) is 13.0 Å². The van der Waals surface area contributed by atoms with E-state index in [1.807, 2.05) is 6.92 Å². The molecule has 0 bridgehead atoms. The molecule has 0 aliphatic carbocycles. The lowest BCUT2D eigenvalue weighted by molar-refractivity contribution is -0.122. The number of aryl methyl sites for hydroxylation is 1. The maximum atomic E-state index is 12.9. The molecule has 0 radical (unpaired) electrons. The van der Waals surface area contributed by atoms with Gasteiger partial charge in [0.05, 0.1) is 26.2 Å². The van der Waals surface area contributed by atoms with E-state index in [0.29, 0.717) is 37.2 Å². The maximum absolute atomic E-state index is 12.9. The van der Waals surface area contributed by atoms with Crippen molar-refractivity contribution in [2.45, 2.75) is 19.8 Å². The normalized spacial score (nSPS) is 14.8. The molecule has 1 aliphatic rings. The van der Waals surface area contributed by atoms with Gasteiger partial charge in [0.1, 0.15) is 9.33 Å². The fourth-order valence-electron chi connectivity index (χ4n) is 2.87. The molecule has 1 aromatic carbocycles. The quantitative estimate of drug-likeness (QED) is 0.415. The Balaban J connectivity index is 1.69. The van der Waals surface area contributed by atoms with Crippen LogP contribution in [0.25, 0.3) is 6.08 Å². The predicted octanol–water partition coefficient (Wildman–Crippen LogP) is 3.36. The molecule has 1 aromatic heterocycles. The van der Waals surface area contributed by atoms with E-state index in [1.165, 1.54) is 49.3 Å². The van der Waals surface area contributed by atoms with E-state index in [2.05, 4.69) is 15.5 Å². The smallest absolute Gasteiger partial charge is 0.266 e. The van der Waals surface area contributed by atoms with Gasteiger partial charge in [0.25, 0.3) is 5.91 Å². The van der Waals surface area contributed by atoms with Crippen LogP contribution < -0.4 is 19.5 Å². The number of benzene rings is 1. The first kappa shape index (κ1) is 24.0. The molecule has 0 spiro atoms. The number of nitrogens with zero attached hydrogens (tertiary/aromatic N) is 3. The number of anilines is 1. The van der Waals surface area contributed by atoms with Crippen molar-refractivity contribution in [2.24, 2.45) is 0 Å². The molecule has 0 unspecified atom stereocenters. The van der Waals surface area contributed by atoms with Gasteiger partial charge in [-0.05, 0) is 30.2 Å². The summed E-state index contributed by atoms with van der Waals surface area (Å²) in [4.78, 5) is 27.0. The Hall–Kier alpha value is -2.70. The molecule has 1 aliphatic heterocycles. The summed E-state index contributed by atoms with van der Waals surface area (Å²) < 4.78 is 16.4. The molecule has 2 amide bonds. The first-order valence-electron chi connectivity index (χ1n) is 9.57. The molecule has 9 nitrogen and oxygen atoms in total. The molecule has 0 atom stereocenters. The zero-order chi connectivity index (χ0) is 23.3. The number of nitrogens with one attached hydrogen (secondary N) is 1. The minimum atomic E-state index is -0.259. The van der Waals surface area contributed by atoms with Gasteiger partial charge in [-0.3, -0.25) is 14.5 Å². The highest BCUT2D eigenvalue weighted by Crippen LogP contribution is 2.40. The zero-order valence-electron chi connectivity index (χ0n) is 18.0. The van der Waals surface area contributed by atoms with Crippen LogP contribution in [0.4, 0.5) is 5.13 Å². The third-order valence-corrected chi connectivity index (χ3v) is 6.80. The second-order valence-electron chi connectivity index (χ2n) is 6.44. The molecule has 1 saturated heterocycles. The number of hydrogen-bond donors (Lipinski definition) is 1. The van der Waals surface area contributed by atoms with Gasteiger partial charge in [0.15, 0.2) is 11.5 Å². The SMILES string of the molecule is CCc1nnc(NC(=O)CCN2C(=O)/C(=C\c3cc(OC)c(OC)c(OC)c3)SC2=S)s1. The van der Waals surface area contributed by atoms with E-state index >= 15 is 0 Å². The Morgan fingerprint density at radius 3 is 2.44 bits per heavy atom. The third kappa shape index (κ3) is 5.37. The minimum Gasteiger partial charge on any atom is -0.493 e. The number of rotatable bonds is 9.